The molecule has 0 fully saturated rings. The first-order valence-corrected chi connectivity index (χ1v) is 6.62. The third-order valence-corrected chi connectivity index (χ3v) is 2.43. The number of carbonyl (C=O) groups is 2. The summed E-state index contributed by atoms with van der Waals surface area (Å²) in [7, 11) is 0. The molecule has 124 valence electrons. The fraction of sp³-hybridized carbons (Fsp3) is 0.357. The lowest BCUT2D eigenvalue weighted by molar-refractivity contribution is -0.385. The van der Waals surface area contributed by atoms with Crippen LogP contribution in [0.2, 0.25) is 0 Å². The Bertz CT molecular complexity index is 648. The third kappa shape index (κ3) is 6.12. The van der Waals surface area contributed by atoms with Crippen LogP contribution in [-0.4, -0.2) is 32.7 Å². The second-order valence-corrected chi connectivity index (χ2v) is 5.48. The molecule has 2 N–H and O–H groups in total. The van der Waals surface area contributed by atoms with E-state index in [9.17, 15) is 19.7 Å². The molecule has 0 unspecified atom stereocenters. The van der Waals surface area contributed by atoms with Gasteiger partial charge in [-0.1, -0.05) is 0 Å². The molecule has 0 aliphatic rings. The summed E-state index contributed by atoms with van der Waals surface area (Å²) in [4.78, 5) is 36.9. The highest BCUT2D eigenvalue weighted by molar-refractivity contribution is 5.90. The van der Waals surface area contributed by atoms with Crippen molar-refractivity contribution < 1.29 is 24.4 Å². The van der Waals surface area contributed by atoms with Crippen LogP contribution in [-0.2, 0) is 16.0 Å². The number of pyridine rings is 1. The lowest BCUT2D eigenvalue weighted by Gasteiger charge is -2.19. The third-order valence-electron chi connectivity index (χ3n) is 2.43. The average Bonchev–Trinajstić information content (AvgIpc) is 2.41. The van der Waals surface area contributed by atoms with Crippen molar-refractivity contribution in [2.24, 2.45) is 0 Å². The monoisotopic (exact) mass is 323 g/mol. The second kappa shape index (κ2) is 7.34. The van der Waals surface area contributed by atoms with Crippen molar-refractivity contribution in [3.05, 3.63) is 45.9 Å². The predicted molar refractivity (Wildman–Crippen MR) is 79.7 cm³/mol. The molecule has 0 aliphatic heterocycles. The van der Waals surface area contributed by atoms with Gasteiger partial charge in [0.2, 0.25) is 0 Å². The number of allylic oxidation sites excluding steroid dienone is 1. The van der Waals surface area contributed by atoms with E-state index in [4.69, 9.17) is 9.84 Å². The number of aromatic nitrogens is 1. The van der Waals surface area contributed by atoms with E-state index in [-0.39, 0.29) is 17.8 Å². The summed E-state index contributed by atoms with van der Waals surface area (Å²) in [6, 6.07) is 2.67. The van der Waals surface area contributed by atoms with Crippen molar-refractivity contribution in [2.45, 2.75) is 32.8 Å². The maximum Gasteiger partial charge on any atom is 0.412 e. The number of nitrogens with zero attached hydrogens (tertiary/aromatic N) is 2. The summed E-state index contributed by atoms with van der Waals surface area (Å²) in [5, 5.41) is 22.1. The summed E-state index contributed by atoms with van der Waals surface area (Å²) in [6.45, 7) is 4.90. The molecular weight excluding hydrogens is 306 g/mol. The van der Waals surface area contributed by atoms with Crippen molar-refractivity contribution in [3.8, 4) is 0 Å². The molecule has 0 atom stereocenters. The Balaban J connectivity index is 2.91. The van der Waals surface area contributed by atoms with E-state index in [0.717, 1.165) is 6.08 Å². The van der Waals surface area contributed by atoms with E-state index < -0.39 is 28.3 Å². The van der Waals surface area contributed by atoms with Gasteiger partial charge < -0.3 is 9.84 Å². The van der Waals surface area contributed by atoms with Gasteiger partial charge in [0, 0.05) is 18.7 Å². The lowest BCUT2D eigenvalue weighted by Crippen LogP contribution is -2.34. The van der Waals surface area contributed by atoms with Crippen LogP contribution in [0.3, 0.4) is 0 Å². The molecule has 0 saturated carbocycles. The highest BCUT2D eigenvalue weighted by Crippen LogP contribution is 2.16. The van der Waals surface area contributed by atoms with E-state index >= 15 is 0 Å². The second-order valence-electron chi connectivity index (χ2n) is 5.48. The van der Waals surface area contributed by atoms with Crippen molar-refractivity contribution in [1.29, 1.82) is 0 Å². The SMILES string of the molecule is CC(C)(C)OC(=O)NC(=CCc1ncccc1[N+](=O)[O-])C(=O)O. The molecule has 1 rings (SSSR count). The molecule has 0 aliphatic carbocycles. The Kier molecular flexibility index (Phi) is 5.77. The van der Waals surface area contributed by atoms with E-state index in [1.165, 1.54) is 18.3 Å². The first kappa shape index (κ1) is 18.1. The van der Waals surface area contributed by atoms with Crippen molar-refractivity contribution in [2.75, 3.05) is 0 Å². The first-order valence-electron chi connectivity index (χ1n) is 6.62. The summed E-state index contributed by atoms with van der Waals surface area (Å²) in [6.07, 6.45) is 1.43. The zero-order valence-corrected chi connectivity index (χ0v) is 12.9. The van der Waals surface area contributed by atoms with Crippen LogP contribution in [0.15, 0.2) is 30.1 Å². The number of alkyl carbamates (subject to hydrolysis) is 1. The summed E-state index contributed by atoms with van der Waals surface area (Å²) in [5.41, 5.74) is -1.37. The van der Waals surface area contributed by atoms with Gasteiger partial charge in [0.25, 0.3) is 5.69 Å². The molecule has 1 aromatic heterocycles. The van der Waals surface area contributed by atoms with E-state index in [1.54, 1.807) is 20.8 Å². The number of carboxylic acid groups (broad SMARTS) is 1. The van der Waals surface area contributed by atoms with Crippen molar-refractivity contribution >= 4 is 17.7 Å². The Morgan fingerprint density at radius 3 is 2.65 bits per heavy atom. The Labute approximate surface area is 132 Å². The zero-order valence-electron chi connectivity index (χ0n) is 12.9. The summed E-state index contributed by atoms with van der Waals surface area (Å²) in [5.74, 6) is -1.39. The number of rotatable bonds is 5. The van der Waals surface area contributed by atoms with Gasteiger partial charge in [0.05, 0.1) is 4.92 Å². The molecule has 0 bridgehead atoms. The minimum atomic E-state index is -1.39. The molecule has 1 aromatic rings. The summed E-state index contributed by atoms with van der Waals surface area (Å²) < 4.78 is 4.95. The lowest BCUT2D eigenvalue weighted by atomic mass is 10.2. The van der Waals surface area contributed by atoms with Crippen LogP contribution in [0.25, 0.3) is 0 Å². The molecule has 9 heteroatoms. The number of nitrogens with one attached hydrogen (secondary N) is 1. The normalized spacial score (nSPS) is 11.7. The van der Waals surface area contributed by atoms with E-state index in [0.29, 0.717) is 0 Å². The molecule has 0 spiro atoms. The standard InChI is InChI=1S/C14H17N3O6/c1-14(2,3)23-13(20)16-10(12(18)19)7-6-9-11(17(21)22)5-4-8-15-9/h4-5,7-8H,6H2,1-3H3,(H,16,20)(H,18,19). The number of carbonyl (C=O) groups excluding carboxylic acids is 1. The van der Waals surface area contributed by atoms with Crippen LogP contribution in [0, 0.1) is 10.1 Å². The smallest absolute Gasteiger partial charge is 0.412 e. The van der Waals surface area contributed by atoms with Gasteiger partial charge in [-0.15, -0.1) is 0 Å². The van der Waals surface area contributed by atoms with Gasteiger partial charge >= 0.3 is 12.1 Å². The van der Waals surface area contributed by atoms with E-state index in [2.05, 4.69) is 10.3 Å². The van der Waals surface area contributed by atoms with Gasteiger partial charge in [-0.3, -0.25) is 20.4 Å². The fourth-order valence-corrected chi connectivity index (χ4v) is 1.56. The largest absolute Gasteiger partial charge is 0.477 e. The van der Waals surface area contributed by atoms with Gasteiger partial charge in [-0.25, -0.2) is 9.59 Å². The predicted octanol–water partition coefficient (Wildman–Crippen LogP) is 2.03. The van der Waals surface area contributed by atoms with Crippen LogP contribution in [0.1, 0.15) is 26.5 Å². The molecule has 0 radical (unpaired) electrons. The average molecular weight is 323 g/mol. The number of hydrogen-bond donors (Lipinski definition) is 2. The maximum atomic E-state index is 11.6. The van der Waals surface area contributed by atoms with Crippen LogP contribution >= 0.6 is 0 Å². The molecule has 9 nitrogen and oxygen atoms in total. The highest BCUT2D eigenvalue weighted by Gasteiger charge is 2.20. The highest BCUT2D eigenvalue weighted by atomic mass is 16.6. The van der Waals surface area contributed by atoms with Crippen molar-refractivity contribution in [1.82, 2.24) is 10.3 Å². The number of aliphatic carboxylic acids is 1. The van der Waals surface area contributed by atoms with Crippen LogP contribution < -0.4 is 5.32 Å². The van der Waals surface area contributed by atoms with Crippen LogP contribution in [0.5, 0.6) is 0 Å². The minimum Gasteiger partial charge on any atom is -0.477 e. The molecule has 0 saturated heterocycles. The first-order chi connectivity index (χ1) is 10.6. The minimum absolute atomic E-state index is 0.0854. The topological polar surface area (TPSA) is 132 Å². The molecule has 1 amide bonds. The Morgan fingerprint density at radius 2 is 2.13 bits per heavy atom. The van der Waals surface area contributed by atoms with E-state index in [1.807, 2.05) is 0 Å². The Morgan fingerprint density at radius 1 is 1.48 bits per heavy atom. The van der Waals surface area contributed by atoms with Gasteiger partial charge in [-0.2, -0.15) is 0 Å². The number of nitro groups is 1. The van der Waals surface area contributed by atoms with Gasteiger partial charge in [0.1, 0.15) is 17.0 Å². The van der Waals surface area contributed by atoms with Crippen molar-refractivity contribution in [3.63, 3.8) is 0 Å². The zero-order chi connectivity index (χ0) is 17.6. The molecular formula is C14H17N3O6. The number of amides is 1. The van der Waals surface area contributed by atoms with Crippen LogP contribution in [0.4, 0.5) is 10.5 Å². The number of hydrogen-bond acceptors (Lipinski definition) is 6. The Hall–Kier alpha value is -2.97. The number of ether oxygens (including phenoxy) is 1. The molecule has 23 heavy (non-hydrogen) atoms. The van der Waals surface area contributed by atoms with Gasteiger partial charge in [-0.05, 0) is 32.9 Å². The quantitative estimate of drug-likeness (QED) is 0.481. The molecule has 0 aromatic carbocycles. The fourth-order valence-electron chi connectivity index (χ4n) is 1.56. The number of carboxylic acids is 1. The maximum absolute atomic E-state index is 11.6. The summed E-state index contributed by atoms with van der Waals surface area (Å²) >= 11 is 0. The van der Waals surface area contributed by atoms with Gasteiger partial charge in [0.15, 0.2) is 0 Å². The molecule has 1 heterocycles.